The molecule has 2 aromatic heterocycles. The lowest BCUT2D eigenvalue weighted by atomic mass is 9.87. The number of likely N-dealkylation sites (tertiary alicyclic amines) is 1. The van der Waals surface area contributed by atoms with E-state index >= 15 is 0 Å². The maximum absolute atomic E-state index is 13.3. The van der Waals surface area contributed by atoms with Crippen LogP contribution in [0.2, 0.25) is 0 Å². The normalized spacial score (nSPS) is 19.7. The smallest absolute Gasteiger partial charge is 0.410 e. The van der Waals surface area contributed by atoms with E-state index in [1.807, 2.05) is 57.2 Å². The van der Waals surface area contributed by atoms with Gasteiger partial charge in [0.1, 0.15) is 16.7 Å². The average Bonchev–Trinajstić information content (AvgIpc) is 3.49. The zero-order chi connectivity index (χ0) is 36.0. The zero-order valence-corrected chi connectivity index (χ0v) is 28.8. The first-order valence-electron chi connectivity index (χ1n) is 17.1. The Morgan fingerprint density at radius 1 is 0.686 bits per heavy atom. The predicted molar refractivity (Wildman–Crippen MR) is 190 cm³/mol. The molecule has 4 aliphatic rings. The van der Waals surface area contributed by atoms with Crippen molar-refractivity contribution >= 4 is 63.2 Å². The number of aromatic nitrogens is 2. The van der Waals surface area contributed by atoms with Crippen molar-refractivity contribution in [2.45, 2.75) is 63.1 Å². The number of rotatable bonds is 2. The molecule has 4 fully saturated rings. The van der Waals surface area contributed by atoms with Gasteiger partial charge in [0, 0.05) is 36.3 Å². The van der Waals surface area contributed by atoms with Gasteiger partial charge in [0.15, 0.2) is 0 Å². The quantitative estimate of drug-likeness (QED) is 0.257. The van der Waals surface area contributed by atoms with E-state index in [0.29, 0.717) is 55.7 Å². The van der Waals surface area contributed by atoms with Gasteiger partial charge in [-0.05, 0) is 108 Å². The number of hydrogen-bond donors (Lipinski definition) is 3. The Hall–Kier alpha value is -5.63. The van der Waals surface area contributed by atoms with Crippen LogP contribution in [-0.2, 0) is 14.3 Å². The maximum Gasteiger partial charge on any atom is 0.410 e. The van der Waals surface area contributed by atoms with Gasteiger partial charge in [-0.2, -0.15) is 0 Å². The Kier molecular flexibility index (Phi) is 8.58. The number of ether oxygens (including phenoxy) is 1. The number of anilines is 2. The van der Waals surface area contributed by atoms with Crippen LogP contribution in [-0.4, -0.2) is 87.7 Å². The third-order valence-electron chi connectivity index (χ3n) is 9.78. The molecule has 0 aliphatic carbocycles. The van der Waals surface area contributed by atoms with Crippen LogP contribution in [0.1, 0.15) is 46.5 Å². The van der Waals surface area contributed by atoms with Crippen LogP contribution in [0.4, 0.5) is 25.8 Å². The molecule has 3 N–H and O–H groups in total. The molecule has 2 aromatic carbocycles. The van der Waals surface area contributed by atoms with Gasteiger partial charge < -0.3 is 25.6 Å². The lowest BCUT2D eigenvalue weighted by molar-refractivity contribution is -0.124. The second kappa shape index (κ2) is 12.9. The molecule has 4 aliphatic heterocycles. The summed E-state index contributed by atoms with van der Waals surface area (Å²) in [5.41, 5.74) is 0.265. The summed E-state index contributed by atoms with van der Waals surface area (Å²) in [6.45, 7) is 7.58. The maximum atomic E-state index is 13.3. The number of piperidine rings is 2. The summed E-state index contributed by atoms with van der Waals surface area (Å²) in [5.74, 6) is -0.446. The second-order valence-electron chi connectivity index (χ2n) is 14.2. The van der Waals surface area contributed by atoms with E-state index in [2.05, 4.69) is 25.9 Å². The molecule has 0 radical (unpaired) electrons. The topological polar surface area (TPSA) is 166 Å². The molecule has 6 heterocycles. The third-order valence-corrected chi connectivity index (χ3v) is 9.78. The number of pyridine rings is 2. The molecule has 8 rings (SSSR count). The van der Waals surface area contributed by atoms with Gasteiger partial charge in [-0.3, -0.25) is 19.6 Å². The number of carbonyl (C=O) groups excluding carboxylic acids is 5. The molecular weight excluding hydrogens is 652 g/mol. The van der Waals surface area contributed by atoms with E-state index in [4.69, 9.17) is 4.74 Å². The summed E-state index contributed by atoms with van der Waals surface area (Å²) < 4.78 is 5.41. The molecule has 264 valence electrons. The first kappa shape index (κ1) is 33.8. The minimum absolute atomic E-state index is 0.157. The molecule has 4 aromatic rings. The van der Waals surface area contributed by atoms with E-state index in [1.54, 1.807) is 41.6 Å². The van der Waals surface area contributed by atoms with Crippen molar-refractivity contribution < 1.29 is 28.7 Å². The van der Waals surface area contributed by atoms with Crippen LogP contribution in [0.25, 0.3) is 21.8 Å². The molecular formula is C37H40N8O6. The van der Waals surface area contributed by atoms with Gasteiger partial charge in [-0.1, -0.05) is 12.1 Å². The summed E-state index contributed by atoms with van der Waals surface area (Å²) in [6.07, 6.45) is 4.90. The Labute approximate surface area is 294 Å². The Morgan fingerprint density at radius 3 is 1.63 bits per heavy atom. The highest BCUT2D eigenvalue weighted by Gasteiger charge is 2.54. The van der Waals surface area contributed by atoms with Crippen LogP contribution in [0.15, 0.2) is 73.1 Å². The van der Waals surface area contributed by atoms with E-state index in [9.17, 15) is 24.0 Å². The van der Waals surface area contributed by atoms with E-state index in [-0.39, 0.29) is 17.8 Å². The predicted octanol–water partition coefficient (Wildman–Crippen LogP) is 4.47. The first-order chi connectivity index (χ1) is 24.4. The molecule has 2 spiro atoms. The summed E-state index contributed by atoms with van der Waals surface area (Å²) in [6, 6.07) is 17.4. The number of urea groups is 2. The van der Waals surface area contributed by atoms with Crippen LogP contribution in [0, 0.1) is 0 Å². The highest BCUT2D eigenvalue weighted by Crippen LogP contribution is 2.36. The van der Waals surface area contributed by atoms with E-state index in [0.717, 1.165) is 29.4 Å². The fourth-order valence-corrected chi connectivity index (χ4v) is 7.17. The Balaban J connectivity index is 0.000000165. The number of fused-ring (bicyclic) bond motifs is 2. The standard InChI is InChI=1S/C21H24N4O4.C16H16N4O2/c1-20(2,3)29-19(28)24-12-9-21(10-13-24)17(26)25(18(27)23-21)16-8-4-7-15-14(16)6-5-11-22-15;21-14-16(6-9-17-10-7-16)19-15(22)20(14)13-5-1-4-12-11(13)3-2-8-18-12/h4-8,11H,9-10,12-13H2,1-3H3,(H,23,27);1-5,8,17H,6-7,9-10H2,(H,19,22). The van der Waals surface area contributed by atoms with E-state index < -0.39 is 28.8 Å². The van der Waals surface area contributed by atoms with Gasteiger partial charge in [-0.15, -0.1) is 0 Å². The van der Waals surface area contributed by atoms with Gasteiger partial charge in [0.25, 0.3) is 11.8 Å². The molecule has 7 amide bonds. The summed E-state index contributed by atoms with van der Waals surface area (Å²) in [7, 11) is 0. The Bertz CT molecular complexity index is 2040. The second-order valence-corrected chi connectivity index (χ2v) is 14.2. The zero-order valence-electron chi connectivity index (χ0n) is 28.8. The molecule has 0 bridgehead atoms. The lowest BCUT2D eigenvalue weighted by Gasteiger charge is -2.37. The minimum atomic E-state index is -1.00. The van der Waals surface area contributed by atoms with Gasteiger partial charge in [-0.25, -0.2) is 24.2 Å². The fraction of sp³-hybridized carbons (Fsp3) is 0.378. The van der Waals surface area contributed by atoms with Crippen molar-refractivity contribution in [1.82, 2.24) is 30.8 Å². The molecule has 0 unspecified atom stereocenters. The van der Waals surface area contributed by atoms with Crippen molar-refractivity contribution in [1.29, 1.82) is 0 Å². The summed E-state index contributed by atoms with van der Waals surface area (Å²) in [4.78, 5) is 76.4. The van der Waals surface area contributed by atoms with Gasteiger partial charge in [0.05, 0.1) is 22.4 Å². The van der Waals surface area contributed by atoms with Crippen LogP contribution in [0.5, 0.6) is 0 Å². The van der Waals surface area contributed by atoms with E-state index in [1.165, 1.54) is 9.80 Å². The third kappa shape index (κ3) is 6.20. The summed E-state index contributed by atoms with van der Waals surface area (Å²) >= 11 is 0. The molecule has 0 atom stereocenters. The molecule has 51 heavy (non-hydrogen) atoms. The number of amides is 7. The fourth-order valence-electron chi connectivity index (χ4n) is 7.17. The molecule has 0 saturated carbocycles. The number of carbonyl (C=O) groups is 5. The SMILES string of the molecule is CC(C)(C)OC(=O)N1CCC2(CC1)NC(=O)N(c1cccc3ncccc13)C2=O.O=C1NC2(CCNCC2)C(=O)N1c1cccc2ncccc12. The molecule has 4 saturated heterocycles. The average molecular weight is 693 g/mol. The van der Waals surface area contributed by atoms with Gasteiger partial charge in [0.2, 0.25) is 0 Å². The van der Waals surface area contributed by atoms with Crippen molar-refractivity contribution in [3.05, 3.63) is 73.1 Å². The molecule has 14 heteroatoms. The van der Waals surface area contributed by atoms with Crippen LogP contribution in [0.3, 0.4) is 0 Å². The number of hydrogen-bond acceptors (Lipinski definition) is 9. The number of imide groups is 2. The van der Waals surface area contributed by atoms with Crippen molar-refractivity contribution in [3.63, 3.8) is 0 Å². The monoisotopic (exact) mass is 692 g/mol. The van der Waals surface area contributed by atoms with Crippen molar-refractivity contribution in [3.8, 4) is 0 Å². The van der Waals surface area contributed by atoms with Gasteiger partial charge >= 0.3 is 18.2 Å². The summed E-state index contributed by atoms with van der Waals surface area (Å²) in [5, 5.41) is 10.6. The highest BCUT2D eigenvalue weighted by molar-refractivity contribution is 6.27. The minimum Gasteiger partial charge on any atom is -0.444 e. The van der Waals surface area contributed by atoms with Crippen LogP contribution < -0.4 is 25.8 Å². The van der Waals surface area contributed by atoms with Crippen molar-refractivity contribution in [2.24, 2.45) is 0 Å². The largest absolute Gasteiger partial charge is 0.444 e. The first-order valence-corrected chi connectivity index (χ1v) is 17.1. The van der Waals surface area contributed by atoms with Crippen LogP contribution >= 0.6 is 0 Å². The Morgan fingerprint density at radius 2 is 1.16 bits per heavy atom. The number of nitrogens with one attached hydrogen (secondary N) is 3. The molecule has 14 nitrogen and oxygen atoms in total. The number of nitrogens with zero attached hydrogens (tertiary/aromatic N) is 5. The lowest BCUT2D eigenvalue weighted by Crippen LogP contribution is -2.56. The number of benzene rings is 2. The van der Waals surface area contributed by atoms with Crippen molar-refractivity contribution in [2.75, 3.05) is 36.0 Å². The highest BCUT2D eigenvalue weighted by atomic mass is 16.6.